The monoisotopic (exact) mass is 291 g/mol. The van der Waals surface area contributed by atoms with Gasteiger partial charge >= 0.3 is 0 Å². The van der Waals surface area contributed by atoms with Crippen LogP contribution in [0.5, 0.6) is 0 Å². The first kappa shape index (κ1) is 15.9. The first-order valence-corrected chi connectivity index (χ1v) is 8.90. The molecule has 1 aliphatic carbocycles. The molecule has 20 heavy (non-hydrogen) atoms. The summed E-state index contributed by atoms with van der Waals surface area (Å²) in [5.41, 5.74) is 1.68. The standard InChI is InChI=1S/C18H29NS/c1-18(2,3)15-8-10-16(11-9-15)20-13-12-14-6-5-7-17(14)19-4/h8-11,14,17,19H,5-7,12-13H2,1-4H3. The SMILES string of the molecule is CNC1CCCC1CCSc1ccc(C(C)(C)C)cc1. The maximum absolute atomic E-state index is 3.48. The molecule has 0 bridgehead atoms. The first-order chi connectivity index (χ1) is 9.50. The molecule has 1 fully saturated rings. The summed E-state index contributed by atoms with van der Waals surface area (Å²) in [6.07, 6.45) is 5.53. The highest BCUT2D eigenvalue weighted by molar-refractivity contribution is 7.99. The Labute approximate surface area is 128 Å². The van der Waals surface area contributed by atoms with Gasteiger partial charge < -0.3 is 5.32 Å². The van der Waals surface area contributed by atoms with E-state index in [-0.39, 0.29) is 5.41 Å². The molecule has 0 aliphatic heterocycles. The molecule has 2 heteroatoms. The Morgan fingerprint density at radius 1 is 1.15 bits per heavy atom. The van der Waals surface area contributed by atoms with Crippen molar-refractivity contribution in [1.82, 2.24) is 5.32 Å². The summed E-state index contributed by atoms with van der Waals surface area (Å²) in [6, 6.07) is 9.91. The van der Waals surface area contributed by atoms with Gasteiger partial charge in [0.15, 0.2) is 0 Å². The first-order valence-electron chi connectivity index (χ1n) is 7.91. The van der Waals surface area contributed by atoms with Crippen LogP contribution in [0, 0.1) is 5.92 Å². The largest absolute Gasteiger partial charge is 0.317 e. The summed E-state index contributed by atoms with van der Waals surface area (Å²) in [4.78, 5) is 1.41. The zero-order valence-corrected chi connectivity index (χ0v) is 14.2. The van der Waals surface area contributed by atoms with Gasteiger partial charge in [0.05, 0.1) is 0 Å². The van der Waals surface area contributed by atoms with Crippen molar-refractivity contribution in [2.75, 3.05) is 12.8 Å². The topological polar surface area (TPSA) is 12.0 Å². The fraction of sp³-hybridized carbons (Fsp3) is 0.667. The molecule has 0 amide bonds. The minimum Gasteiger partial charge on any atom is -0.317 e. The molecule has 1 N–H and O–H groups in total. The highest BCUT2D eigenvalue weighted by Crippen LogP contribution is 2.31. The molecule has 1 nitrogen and oxygen atoms in total. The van der Waals surface area contributed by atoms with E-state index >= 15 is 0 Å². The summed E-state index contributed by atoms with van der Waals surface area (Å²) < 4.78 is 0. The molecular formula is C18H29NS. The maximum atomic E-state index is 3.48. The van der Waals surface area contributed by atoms with E-state index in [9.17, 15) is 0 Å². The molecule has 0 heterocycles. The molecule has 1 aromatic rings. The van der Waals surface area contributed by atoms with Gasteiger partial charge in [0.25, 0.3) is 0 Å². The van der Waals surface area contributed by atoms with E-state index in [4.69, 9.17) is 0 Å². The average Bonchev–Trinajstić information content (AvgIpc) is 2.86. The Bertz CT molecular complexity index is 404. The second-order valence-corrected chi connectivity index (χ2v) is 8.17. The fourth-order valence-corrected chi connectivity index (χ4v) is 4.13. The lowest BCUT2D eigenvalue weighted by Crippen LogP contribution is -2.29. The molecule has 1 aromatic carbocycles. The highest BCUT2D eigenvalue weighted by atomic mass is 32.2. The molecule has 2 rings (SSSR count). The summed E-state index contributed by atoms with van der Waals surface area (Å²) in [6.45, 7) is 6.81. The van der Waals surface area contributed by atoms with Crippen molar-refractivity contribution >= 4 is 11.8 Å². The zero-order chi connectivity index (χ0) is 14.6. The molecule has 1 saturated carbocycles. The lowest BCUT2D eigenvalue weighted by atomic mass is 9.87. The number of thioether (sulfide) groups is 1. The van der Waals surface area contributed by atoms with Gasteiger partial charge in [-0.2, -0.15) is 0 Å². The minimum absolute atomic E-state index is 0.257. The van der Waals surface area contributed by atoms with Crippen LogP contribution >= 0.6 is 11.8 Å². The number of hydrogen-bond acceptors (Lipinski definition) is 2. The van der Waals surface area contributed by atoms with Gasteiger partial charge in [0.1, 0.15) is 0 Å². The van der Waals surface area contributed by atoms with Crippen LogP contribution in [-0.4, -0.2) is 18.8 Å². The normalized spacial score (nSPS) is 23.2. The number of nitrogens with one attached hydrogen (secondary N) is 1. The lowest BCUT2D eigenvalue weighted by molar-refractivity contribution is 0.417. The van der Waals surface area contributed by atoms with Crippen molar-refractivity contribution in [3.63, 3.8) is 0 Å². The van der Waals surface area contributed by atoms with Crippen LogP contribution < -0.4 is 5.32 Å². The Kier molecular flexibility index (Phi) is 5.57. The van der Waals surface area contributed by atoms with Crippen LogP contribution in [0.1, 0.15) is 52.0 Å². The van der Waals surface area contributed by atoms with Gasteiger partial charge in [0, 0.05) is 10.9 Å². The Morgan fingerprint density at radius 3 is 2.45 bits per heavy atom. The third kappa shape index (κ3) is 4.26. The van der Waals surface area contributed by atoms with E-state index < -0.39 is 0 Å². The molecule has 2 unspecified atom stereocenters. The second kappa shape index (κ2) is 7.00. The van der Waals surface area contributed by atoms with Crippen LogP contribution in [0.3, 0.4) is 0 Å². The second-order valence-electron chi connectivity index (χ2n) is 7.00. The van der Waals surface area contributed by atoms with Crippen molar-refractivity contribution in [3.05, 3.63) is 29.8 Å². The minimum atomic E-state index is 0.257. The van der Waals surface area contributed by atoms with Crippen LogP contribution in [0.15, 0.2) is 29.2 Å². The molecule has 0 saturated heterocycles. The Balaban J connectivity index is 1.80. The molecular weight excluding hydrogens is 262 g/mol. The number of benzene rings is 1. The van der Waals surface area contributed by atoms with Gasteiger partial charge in [-0.3, -0.25) is 0 Å². The Morgan fingerprint density at radius 2 is 1.85 bits per heavy atom. The molecule has 1 aliphatic rings. The smallest absolute Gasteiger partial charge is 0.00926 e. The summed E-state index contributed by atoms with van der Waals surface area (Å²) in [5, 5.41) is 3.48. The van der Waals surface area contributed by atoms with E-state index in [0.717, 1.165) is 12.0 Å². The lowest BCUT2D eigenvalue weighted by Gasteiger charge is -2.20. The fourth-order valence-electron chi connectivity index (χ4n) is 3.14. The third-order valence-electron chi connectivity index (χ3n) is 4.51. The zero-order valence-electron chi connectivity index (χ0n) is 13.4. The average molecular weight is 292 g/mol. The molecule has 112 valence electrons. The van der Waals surface area contributed by atoms with Gasteiger partial charge in [-0.05, 0) is 61.1 Å². The van der Waals surface area contributed by atoms with Crippen LogP contribution in [-0.2, 0) is 5.41 Å². The predicted molar refractivity (Wildman–Crippen MR) is 90.7 cm³/mol. The van der Waals surface area contributed by atoms with E-state index in [1.165, 1.54) is 41.9 Å². The summed E-state index contributed by atoms with van der Waals surface area (Å²) in [7, 11) is 2.11. The van der Waals surface area contributed by atoms with Gasteiger partial charge in [-0.25, -0.2) is 0 Å². The summed E-state index contributed by atoms with van der Waals surface area (Å²) >= 11 is 2.01. The van der Waals surface area contributed by atoms with Crippen molar-refractivity contribution in [2.24, 2.45) is 5.92 Å². The molecule has 2 atom stereocenters. The number of rotatable bonds is 5. The summed E-state index contributed by atoms with van der Waals surface area (Å²) in [5.74, 6) is 2.14. The van der Waals surface area contributed by atoms with Gasteiger partial charge in [-0.1, -0.05) is 39.3 Å². The molecule has 0 spiro atoms. The van der Waals surface area contributed by atoms with E-state index in [0.29, 0.717) is 0 Å². The van der Waals surface area contributed by atoms with Crippen LogP contribution in [0.4, 0.5) is 0 Å². The van der Waals surface area contributed by atoms with E-state index in [2.05, 4.69) is 57.4 Å². The third-order valence-corrected chi connectivity index (χ3v) is 5.55. The molecule has 0 radical (unpaired) electrons. The van der Waals surface area contributed by atoms with Gasteiger partial charge in [-0.15, -0.1) is 11.8 Å². The van der Waals surface area contributed by atoms with E-state index in [1.54, 1.807) is 0 Å². The predicted octanol–water partition coefficient (Wildman–Crippen LogP) is 4.85. The highest BCUT2D eigenvalue weighted by Gasteiger charge is 2.25. The van der Waals surface area contributed by atoms with Crippen molar-refractivity contribution in [1.29, 1.82) is 0 Å². The van der Waals surface area contributed by atoms with Gasteiger partial charge in [0.2, 0.25) is 0 Å². The van der Waals surface area contributed by atoms with Crippen LogP contribution in [0.2, 0.25) is 0 Å². The van der Waals surface area contributed by atoms with Crippen LogP contribution in [0.25, 0.3) is 0 Å². The Hall–Kier alpha value is -0.470. The van der Waals surface area contributed by atoms with Crippen molar-refractivity contribution in [2.45, 2.75) is 62.8 Å². The van der Waals surface area contributed by atoms with Crippen molar-refractivity contribution < 1.29 is 0 Å². The van der Waals surface area contributed by atoms with Crippen molar-refractivity contribution in [3.8, 4) is 0 Å². The quantitative estimate of drug-likeness (QED) is 0.778. The van der Waals surface area contributed by atoms with E-state index in [1.807, 2.05) is 11.8 Å². The maximum Gasteiger partial charge on any atom is 0.00926 e. The number of hydrogen-bond donors (Lipinski definition) is 1. The molecule has 0 aromatic heterocycles.